The van der Waals surface area contributed by atoms with Crippen molar-refractivity contribution in [2.24, 2.45) is 0 Å². The van der Waals surface area contributed by atoms with Crippen molar-refractivity contribution in [3.05, 3.63) is 47.8 Å². The lowest BCUT2D eigenvalue weighted by molar-refractivity contribution is 0.0924. The van der Waals surface area contributed by atoms with Crippen LogP contribution in [-0.4, -0.2) is 36.5 Å². The Balaban J connectivity index is 1.88. The van der Waals surface area contributed by atoms with Gasteiger partial charge in [0.15, 0.2) is 0 Å². The molecule has 0 aliphatic carbocycles. The van der Waals surface area contributed by atoms with Gasteiger partial charge in [-0.3, -0.25) is 9.59 Å². The standard InChI is InChI=1S/C13H10BN4O3/c1-21-14-17-8-6-15-13(16-7-8)18-11(19)9-4-2-3-5-10(9)12(18)20/h2-7,17H,1H3. The number of nitrogens with zero attached hydrogens (tertiary/aromatic N) is 3. The van der Waals surface area contributed by atoms with Gasteiger partial charge in [0.25, 0.3) is 11.8 Å². The molecule has 0 atom stereocenters. The third-order valence-electron chi connectivity index (χ3n) is 2.98. The Morgan fingerprint density at radius 2 is 1.67 bits per heavy atom. The fourth-order valence-electron chi connectivity index (χ4n) is 2.01. The van der Waals surface area contributed by atoms with Crippen LogP contribution in [0.1, 0.15) is 20.7 Å². The average Bonchev–Trinajstić information content (AvgIpc) is 2.78. The first-order valence-electron chi connectivity index (χ1n) is 6.13. The fourth-order valence-corrected chi connectivity index (χ4v) is 2.01. The highest BCUT2D eigenvalue weighted by atomic mass is 16.4. The first-order chi connectivity index (χ1) is 10.2. The van der Waals surface area contributed by atoms with Crippen LogP contribution in [0.5, 0.6) is 0 Å². The molecule has 8 heteroatoms. The zero-order chi connectivity index (χ0) is 14.8. The molecule has 1 aromatic heterocycles. The normalized spacial score (nSPS) is 13.3. The number of nitrogens with one attached hydrogen (secondary N) is 1. The van der Waals surface area contributed by atoms with Crippen molar-refractivity contribution in [1.82, 2.24) is 9.97 Å². The highest BCUT2D eigenvalue weighted by Crippen LogP contribution is 2.25. The van der Waals surface area contributed by atoms with E-state index in [0.717, 1.165) is 4.90 Å². The molecule has 0 saturated carbocycles. The van der Waals surface area contributed by atoms with Gasteiger partial charge in [0, 0.05) is 7.11 Å². The maximum absolute atomic E-state index is 12.2. The predicted molar refractivity (Wildman–Crippen MR) is 76.0 cm³/mol. The van der Waals surface area contributed by atoms with Gasteiger partial charge in [-0.25, -0.2) is 14.9 Å². The molecule has 7 nitrogen and oxygen atoms in total. The molecule has 0 fully saturated rings. The van der Waals surface area contributed by atoms with Crippen LogP contribution in [0.2, 0.25) is 0 Å². The van der Waals surface area contributed by atoms with Crippen LogP contribution in [0, 0.1) is 0 Å². The lowest BCUT2D eigenvalue weighted by Gasteiger charge is -2.11. The summed E-state index contributed by atoms with van der Waals surface area (Å²) in [7, 11) is 2.86. The maximum atomic E-state index is 12.2. The number of hydrogen-bond acceptors (Lipinski definition) is 6. The summed E-state index contributed by atoms with van der Waals surface area (Å²) in [5.41, 5.74) is 1.30. The van der Waals surface area contributed by atoms with Crippen molar-refractivity contribution in [1.29, 1.82) is 0 Å². The van der Waals surface area contributed by atoms with Crippen molar-refractivity contribution < 1.29 is 14.2 Å². The first kappa shape index (κ1) is 13.3. The summed E-state index contributed by atoms with van der Waals surface area (Å²) >= 11 is 0. The minimum Gasteiger partial charge on any atom is -0.422 e. The van der Waals surface area contributed by atoms with Gasteiger partial charge in [-0.1, -0.05) is 12.1 Å². The Morgan fingerprint density at radius 3 is 2.19 bits per heavy atom. The SMILES string of the molecule is CO[B]Nc1cnc(N2C(=O)c3ccccc3C2=O)nc1. The van der Waals surface area contributed by atoms with Gasteiger partial charge >= 0.3 is 7.62 Å². The molecule has 0 saturated heterocycles. The third-order valence-corrected chi connectivity index (χ3v) is 2.98. The molecule has 0 unspecified atom stereocenters. The lowest BCUT2D eigenvalue weighted by Crippen LogP contribution is -2.31. The van der Waals surface area contributed by atoms with Crippen molar-refractivity contribution in [2.75, 3.05) is 17.2 Å². The van der Waals surface area contributed by atoms with Crippen LogP contribution in [0.3, 0.4) is 0 Å². The Morgan fingerprint density at radius 1 is 1.10 bits per heavy atom. The van der Waals surface area contributed by atoms with Crippen LogP contribution in [0.15, 0.2) is 36.7 Å². The number of carbonyl (C=O) groups is 2. The maximum Gasteiger partial charge on any atom is 0.436 e. The van der Waals surface area contributed by atoms with Gasteiger partial charge in [0.05, 0.1) is 29.2 Å². The number of hydrogen-bond donors (Lipinski definition) is 1. The van der Waals surface area contributed by atoms with Crippen LogP contribution < -0.4 is 10.1 Å². The molecule has 2 heterocycles. The number of rotatable bonds is 4. The largest absolute Gasteiger partial charge is 0.436 e. The molecule has 3 rings (SSSR count). The third kappa shape index (κ3) is 2.25. The molecule has 1 radical (unpaired) electrons. The van der Waals surface area contributed by atoms with E-state index >= 15 is 0 Å². The summed E-state index contributed by atoms with van der Waals surface area (Å²) in [5.74, 6) is -0.788. The summed E-state index contributed by atoms with van der Waals surface area (Å²) in [6.45, 7) is 0. The van der Waals surface area contributed by atoms with E-state index in [4.69, 9.17) is 4.65 Å². The van der Waals surface area contributed by atoms with Crippen molar-refractivity contribution in [3.63, 3.8) is 0 Å². The Kier molecular flexibility index (Phi) is 3.37. The zero-order valence-electron chi connectivity index (χ0n) is 11.1. The van der Waals surface area contributed by atoms with Crippen LogP contribution in [0.4, 0.5) is 11.6 Å². The highest BCUT2D eigenvalue weighted by Gasteiger charge is 2.37. The van der Waals surface area contributed by atoms with E-state index in [1.165, 1.54) is 27.1 Å². The first-order valence-corrected chi connectivity index (χ1v) is 6.13. The Hall–Kier alpha value is -2.74. The smallest absolute Gasteiger partial charge is 0.422 e. The number of amides is 2. The summed E-state index contributed by atoms with van der Waals surface area (Å²) in [5, 5.41) is 2.79. The van der Waals surface area contributed by atoms with E-state index in [-0.39, 0.29) is 5.95 Å². The molecule has 2 amide bonds. The number of benzene rings is 1. The van der Waals surface area contributed by atoms with E-state index in [1.54, 1.807) is 24.3 Å². The summed E-state index contributed by atoms with van der Waals surface area (Å²) < 4.78 is 4.74. The molecule has 21 heavy (non-hydrogen) atoms. The molecule has 103 valence electrons. The monoisotopic (exact) mass is 281 g/mol. The van der Waals surface area contributed by atoms with E-state index in [0.29, 0.717) is 16.8 Å². The minimum absolute atomic E-state index is 0.0455. The van der Waals surface area contributed by atoms with E-state index in [1.807, 2.05) is 0 Å². The molecule has 1 aromatic carbocycles. The van der Waals surface area contributed by atoms with Gasteiger partial charge < -0.3 is 9.88 Å². The molecule has 2 aromatic rings. The molecule has 0 bridgehead atoms. The number of imide groups is 1. The molecule has 1 aliphatic rings. The number of fused-ring (bicyclic) bond motifs is 1. The highest BCUT2D eigenvalue weighted by molar-refractivity contribution is 6.34. The van der Waals surface area contributed by atoms with E-state index in [2.05, 4.69) is 15.2 Å². The molecule has 1 aliphatic heterocycles. The number of anilines is 2. The molecular weight excluding hydrogens is 271 g/mol. The molecule has 1 N–H and O–H groups in total. The second-order valence-corrected chi connectivity index (χ2v) is 4.26. The van der Waals surface area contributed by atoms with Crippen molar-refractivity contribution in [3.8, 4) is 0 Å². The van der Waals surface area contributed by atoms with Crippen LogP contribution in [-0.2, 0) is 4.65 Å². The quantitative estimate of drug-likeness (QED) is 0.661. The second kappa shape index (κ2) is 5.33. The van der Waals surface area contributed by atoms with Crippen LogP contribution in [0.25, 0.3) is 0 Å². The fraction of sp³-hybridized carbons (Fsp3) is 0.0769. The van der Waals surface area contributed by atoms with Gasteiger partial charge in [-0.15, -0.1) is 0 Å². The zero-order valence-corrected chi connectivity index (χ0v) is 11.1. The number of carbonyl (C=O) groups excluding carboxylic acids is 2. The van der Waals surface area contributed by atoms with Crippen molar-refractivity contribution in [2.45, 2.75) is 0 Å². The van der Waals surface area contributed by atoms with E-state index in [9.17, 15) is 9.59 Å². The Bertz CT molecular complexity index is 670. The summed E-state index contributed by atoms with van der Waals surface area (Å²) in [6, 6.07) is 6.64. The summed E-state index contributed by atoms with van der Waals surface area (Å²) in [6.07, 6.45) is 2.92. The average molecular weight is 281 g/mol. The second-order valence-electron chi connectivity index (χ2n) is 4.26. The lowest BCUT2D eigenvalue weighted by atomic mass is 10.1. The van der Waals surface area contributed by atoms with Crippen molar-refractivity contribution >= 4 is 31.1 Å². The van der Waals surface area contributed by atoms with Gasteiger partial charge in [-0.2, -0.15) is 0 Å². The predicted octanol–water partition coefficient (Wildman–Crippen LogP) is 0.870. The molecular formula is C13H10BN4O3. The molecule has 0 spiro atoms. The van der Waals surface area contributed by atoms with Crippen LogP contribution >= 0.6 is 0 Å². The topological polar surface area (TPSA) is 84.4 Å². The number of aromatic nitrogens is 2. The summed E-state index contributed by atoms with van der Waals surface area (Å²) in [4.78, 5) is 33.5. The minimum atomic E-state index is -0.417. The van der Waals surface area contributed by atoms with Gasteiger partial charge in [-0.05, 0) is 12.1 Å². The van der Waals surface area contributed by atoms with Gasteiger partial charge in [0.2, 0.25) is 5.95 Å². The van der Waals surface area contributed by atoms with E-state index < -0.39 is 11.8 Å². The Labute approximate surface area is 121 Å². The van der Waals surface area contributed by atoms with Gasteiger partial charge in [0.1, 0.15) is 0 Å².